The van der Waals surface area contributed by atoms with Gasteiger partial charge in [0.1, 0.15) is 11.3 Å². The van der Waals surface area contributed by atoms with Crippen LogP contribution in [0.2, 0.25) is 0 Å². The molecule has 2 rings (SSSR count). The van der Waals surface area contributed by atoms with Gasteiger partial charge in [-0.05, 0) is 32.6 Å². The Kier molecular flexibility index (Phi) is 4.88. The highest BCUT2D eigenvalue weighted by Gasteiger charge is 2.42. The van der Waals surface area contributed by atoms with Crippen LogP contribution in [-0.4, -0.2) is 66.6 Å². The van der Waals surface area contributed by atoms with E-state index in [1.807, 2.05) is 0 Å². The largest absolute Gasteiger partial charge is 0.480 e. The molecule has 0 radical (unpaired) electrons. The number of carboxylic acids is 1. The summed E-state index contributed by atoms with van der Waals surface area (Å²) < 4.78 is 30.2. The molecule has 0 aromatic heterocycles. The molecule has 2 heterocycles. The number of sulfone groups is 1. The van der Waals surface area contributed by atoms with E-state index in [-0.39, 0.29) is 0 Å². The fourth-order valence-corrected chi connectivity index (χ4v) is 4.80. The highest BCUT2D eigenvalue weighted by atomic mass is 32.2. The highest BCUT2D eigenvalue weighted by molar-refractivity contribution is 7.93. The SMILES string of the molecule is CC(C(=O)N1CCC[C@@H]1C(=O)O)S(=O)(=O)C1CCOCC1. The van der Waals surface area contributed by atoms with Crippen molar-refractivity contribution in [2.24, 2.45) is 0 Å². The number of ether oxygens (including phenoxy) is 1. The van der Waals surface area contributed by atoms with Crippen molar-refractivity contribution in [1.82, 2.24) is 4.90 Å². The van der Waals surface area contributed by atoms with Gasteiger partial charge in [0, 0.05) is 19.8 Å². The van der Waals surface area contributed by atoms with Crippen LogP contribution >= 0.6 is 0 Å². The maximum absolute atomic E-state index is 12.5. The minimum atomic E-state index is -3.61. The van der Waals surface area contributed by atoms with E-state index in [9.17, 15) is 18.0 Å². The number of carbonyl (C=O) groups is 2. The maximum atomic E-state index is 12.5. The molecule has 2 atom stereocenters. The lowest BCUT2D eigenvalue weighted by atomic mass is 10.2. The Hall–Kier alpha value is -1.15. The second-order valence-corrected chi connectivity index (χ2v) is 8.12. The summed E-state index contributed by atoms with van der Waals surface area (Å²) in [6.07, 6.45) is 1.75. The fourth-order valence-electron chi connectivity index (χ4n) is 2.95. The summed E-state index contributed by atoms with van der Waals surface area (Å²) in [7, 11) is -3.61. The number of hydrogen-bond donors (Lipinski definition) is 1. The molecule has 2 aliphatic rings. The van der Waals surface area contributed by atoms with Gasteiger partial charge in [0.15, 0.2) is 9.84 Å². The van der Waals surface area contributed by atoms with Crippen molar-refractivity contribution < 1.29 is 27.9 Å². The zero-order valence-corrected chi connectivity index (χ0v) is 12.8. The number of carboxylic acid groups (broad SMARTS) is 1. The van der Waals surface area contributed by atoms with Crippen molar-refractivity contribution in [2.75, 3.05) is 19.8 Å². The average molecular weight is 319 g/mol. The van der Waals surface area contributed by atoms with E-state index < -0.39 is 38.3 Å². The molecule has 0 saturated carbocycles. The van der Waals surface area contributed by atoms with Gasteiger partial charge in [-0.3, -0.25) is 4.79 Å². The highest BCUT2D eigenvalue weighted by Crippen LogP contribution is 2.24. The first-order valence-corrected chi connectivity index (χ1v) is 8.80. The van der Waals surface area contributed by atoms with Crippen LogP contribution in [-0.2, 0) is 24.2 Å². The van der Waals surface area contributed by atoms with Gasteiger partial charge in [-0.25, -0.2) is 13.2 Å². The van der Waals surface area contributed by atoms with Gasteiger partial charge in [-0.1, -0.05) is 0 Å². The van der Waals surface area contributed by atoms with E-state index in [4.69, 9.17) is 9.84 Å². The van der Waals surface area contributed by atoms with E-state index in [1.54, 1.807) is 0 Å². The van der Waals surface area contributed by atoms with Gasteiger partial charge in [-0.15, -0.1) is 0 Å². The van der Waals surface area contributed by atoms with Crippen LogP contribution in [0.25, 0.3) is 0 Å². The molecular weight excluding hydrogens is 298 g/mol. The molecule has 1 amide bonds. The lowest BCUT2D eigenvalue weighted by Gasteiger charge is -2.28. The number of carbonyl (C=O) groups excluding carboxylic acids is 1. The van der Waals surface area contributed by atoms with Crippen LogP contribution in [0.3, 0.4) is 0 Å². The molecule has 0 aromatic carbocycles. The summed E-state index contributed by atoms with van der Waals surface area (Å²) in [5, 5.41) is 7.34. The van der Waals surface area contributed by atoms with Gasteiger partial charge in [-0.2, -0.15) is 0 Å². The zero-order valence-electron chi connectivity index (χ0n) is 12.0. The monoisotopic (exact) mass is 319 g/mol. The first-order chi connectivity index (χ1) is 9.85. The van der Waals surface area contributed by atoms with Crippen molar-refractivity contribution in [3.8, 4) is 0 Å². The first kappa shape index (κ1) is 16.2. The predicted molar refractivity (Wildman–Crippen MR) is 74.6 cm³/mol. The molecule has 0 spiro atoms. The lowest BCUT2D eigenvalue weighted by Crippen LogP contribution is -2.49. The normalized spacial score (nSPS) is 25.8. The summed E-state index contributed by atoms with van der Waals surface area (Å²) in [6, 6.07) is -0.898. The third-order valence-corrected chi connectivity index (χ3v) is 6.88. The molecule has 2 saturated heterocycles. The van der Waals surface area contributed by atoms with Crippen LogP contribution in [0.1, 0.15) is 32.6 Å². The minimum absolute atomic E-state index is 0.309. The molecule has 21 heavy (non-hydrogen) atoms. The molecule has 7 nitrogen and oxygen atoms in total. The lowest BCUT2D eigenvalue weighted by molar-refractivity contribution is -0.147. The third kappa shape index (κ3) is 3.21. The standard InChI is InChI=1S/C13H21NO6S/c1-9(21(18,19)10-4-7-20-8-5-10)12(15)14-6-2-3-11(14)13(16)17/h9-11H,2-8H2,1H3,(H,16,17)/t9?,11-/m1/s1. The Morgan fingerprint density at radius 2 is 1.86 bits per heavy atom. The number of hydrogen-bond acceptors (Lipinski definition) is 5. The number of aliphatic carboxylic acids is 1. The van der Waals surface area contributed by atoms with Crippen LogP contribution in [0.4, 0.5) is 0 Å². The average Bonchev–Trinajstić information content (AvgIpc) is 2.96. The molecule has 0 bridgehead atoms. The molecule has 2 fully saturated rings. The Morgan fingerprint density at radius 3 is 2.43 bits per heavy atom. The van der Waals surface area contributed by atoms with Crippen LogP contribution in [0.5, 0.6) is 0 Å². The van der Waals surface area contributed by atoms with E-state index >= 15 is 0 Å². The van der Waals surface area contributed by atoms with Crippen molar-refractivity contribution >= 4 is 21.7 Å². The van der Waals surface area contributed by atoms with Gasteiger partial charge in [0.25, 0.3) is 0 Å². The van der Waals surface area contributed by atoms with Crippen LogP contribution in [0.15, 0.2) is 0 Å². The van der Waals surface area contributed by atoms with Crippen LogP contribution < -0.4 is 0 Å². The van der Waals surface area contributed by atoms with Gasteiger partial charge < -0.3 is 14.7 Å². The quantitative estimate of drug-likeness (QED) is 0.785. The summed E-state index contributed by atoms with van der Waals surface area (Å²) in [5.74, 6) is -1.66. The van der Waals surface area contributed by atoms with E-state index in [0.29, 0.717) is 45.4 Å². The predicted octanol–water partition coefficient (Wildman–Crippen LogP) is 0.0443. The summed E-state index contributed by atoms with van der Waals surface area (Å²) in [5.41, 5.74) is 0. The van der Waals surface area contributed by atoms with Crippen LogP contribution in [0, 0.1) is 0 Å². The van der Waals surface area contributed by atoms with E-state index in [0.717, 1.165) is 0 Å². The Balaban J connectivity index is 2.12. The molecule has 120 valence electrons. The summed E-state index contributed by atoms with van der Waals surface area (Å²) >= 11 is 0. The minimum Gasteiger partial charge on any atom is -0.480 e. The number of amides is 1. The Labute approximate surface area is 124 Å². The van der Waals surface area contributed by atoms with Crippen molar-refractivity contribution in [3.63, 3.8) is 0 Å². The Morgan fingerprint density at radius 1 is 1.24 bits per heavy atom. The van der Waals surface area contributed by atoms with Gasteiger partial charge >= 0.3 is 5.97 Å². The molecule has 8 heteroatoms. The summed E-state index contributed by atoms with van der Waals surface area (Å²) in [6.45, 7) is 2.44. The number of nitrogens with zero attached hydrogens (tertiary/aromatic N) is 1. The molecule has 0 aliphatic carbocycles. The Bertz CT molecular complexity index is 511. The van der Waals surface area contributed by atoms with Crippen molar-refractivity contribution in [2.45, 2.75) is 49.1 Å². The number of likely N-dealkylation sites (tertiary alicyclic amines) is 1. The molecule has 2 aliphatic heterocycles. The van der Waals surface area contributed by atoms with Gasteiger partial charge in [0.05, 0.1) is 5.25 Å². The molecule has 1 N–H and O–H groups in total. The molecule has 0 aromatic rings. The van der Waals surface area contributed by atoms with Gasteiger partial charge in [0.2, 0.25) is 5.91 Å². The third-order valence-electron chi connectivity index (χ3n) is 4.29. The second kappa shape index (κ2) is 6.31. The zero-order chi connectivity index (χ0) is 15.6. The second-order valence-electron chi connectivity index (χ2n) is 5.57. The smallest absolute Gasteiger partial charge is 0.326 e. The van der Waals surface area contributed by atoms with Crippen molar-refractivity contribution in [1.29, 1.82) is 0 Å². The fraction of sp³-hybridized carbons (Fsp3) is 0.846. The first-order valence-electron chi connectivity index (χ1n) is 7.19. The maximum Gasteiger partial charge on any atom is 0.326 e. The van der Waals surface area contributed by atoms with Crippen molar-refractivity contribution in [3.05, 3.63) is 0 Å². The molecule has 1 unspecified atom stereocenters. The van der Waals surface area contributed by atoms with E-state index in [1.165, 1.54) is 11.8 Å². The number of rotatable bonds is 4. The topological polar surface area (TPSA) is 101 Å². The molecular formula is C13H21NO6S. The summed E-state index contributed by atoms with van der Waals surface area (Å²) in [4.78, 5) is 24.7. The van der Waals surface area contributed by atoms with E-state index in [2.05, 4.69) is 0 Å².